The average Bonchev–Trinajstić information content (AvgIpc) is 2.02. The molecule has 0 aliphatic carbocycles. The minimum atomic E-state index is -3.98. The van der Waals surface area contributed by atoms with Crippen LogP contribution in [-0.2, 0) is 10.7 Å². The molecule has 0 saturated heterocycles. The Kier molecular flexibility index (Phi) is 2.84. The van der Waals surface area contributed by atoms with E-state index in [0.717, 1.165) is 12.1 Å². The standard InChI is InChI=1S/C8H5BrF3NO/c9-4-1-2-5(6(10)3-4)8(11,12)7(13)14/h1-3H,(H2,13,14). The molecular formula is C8H5BrF3NO. The van der Waals surface area contributed by atoms with Gasteiger partial charge in [-0.05, 0) is 18.2 Å². The summed E-state index contributed by atoms with van der Waals surface area (Å²) in [6.07, 6.45) is 0. The molecule has 0 bridgehead atoms. The van der Waals surface area contributed by atoms with Crippen LogP contribution in [0, 0.1) is 5.82 Å². The highest BCUT2D eigenvalue weighted by Crippen LogP contribution is 2.30. The van der Waals surface area contributed by atoms with Crippen LogP contribution in [0.1, 0.15) is 5.56 Å². The van der Waals surface area contributed by atoms with Crippen molar-refractivity contribution in [2.45, 2.75) is 5.92 Å². The fourth-order valence-electron chi connectivity index (χ4n) is 0.877. The molecule has 6 heteroatoms. The van der Waals surface area contributed by atoms with Crippen LogP contribution in [0.5, 0.6) is 0 Å². The fourth-order valence-corrected chi connectivity index (χ4v) is 1.21. The third-order valence-electron chi connectivity index (χ3n) is 1.58. The highest BCUT2D eigenvalue weighted by Gasteiger charge is 2.41. The van der Waals surface area contributed by atoms with Gasteiger partial charge < -0.3 is 5.73 Å². The number of amides is 1. The van der Waals surface area contributed by atoms with Crippen LogP contribution in [0.4, 0.5) is 13.2 Å². The van der Waals surface area contributed by atoms with E-state index in [1.54, 1.807) is 0 Å². The third kappa shape index (κ3) is 1.89. The molecule has 0 saturated carbocycles. The van der Waals surface area contributed by atoms with Gasteiger partial charge in [0, 0.05) is 4.47 Å². The lowest BCUT2D eigenvalue weighted by molar-refractivity contribution is -0.143. The van der Waals surface area contributed by atoms with Gasteiger partial charge in [-0.15, -0.1) is 0 Å². The van der Waals surface area contributed by atoms with Gasteiger partial charge in [-0.2, -0.15) is 8.78 Å². The van der Waals surface area contributed by atoms with Gasteiger partial charge in [0.05, 0.1) is 5.56 Å². The summed E-state index contributed by atoms with van der Waals surface area (Å²) in [7, 11) is 0. The van der Waals surface area contributed by atoms with Crippen molar-refractivity contribution in [2.75, 3.05) is 0 Å². The second-order valence-electron chi connectivity index (χ2n) is 2.56. The zero-order valence-corrected chi connectivity index (χ0v) is 8.32. The van der Waals surface area contributed by atoms with Crippen molar-refractivity contribution in [3.63, 3.8) is 0 Å². The summed E-state index contributed by atoms with van der Waals surface area (Å²) in [6, 6.07) is 2.85. The molecule has 1 aromatic carbocycles. The van der Waals surface area contributed by atoms with Crippen LogP contribution in [0.2, 0.25) is 0 Å². The summed E-state index contributed by atoms with van der Waals surface area (Å²) in [5.74, 6) is -7.04. The first-order valence-electron chi connectivity index (χ1n) is 3.49. The Bertz CT molecular complexity index is 381. The molecule has 76 valence electrons. The van der Waals surface area contributed by atoms with Gasteiger partial charge >= 0.3 is 5.92 Å². The number of hydrogen-bond donors (Lipinski definition) is 1. The van der Waals surface area contributed by atoms with Crippen molar-refractivity contribution >= 4 is 21.8 Å². The lowest BCUT2D eigenvalue weighted by Gasteiger charge is -2.13. The number of nitrogens with two attached hydrogens (primary N) is 1. The molecule has 1 rings (SSSR count). The molecular weight excluding hydrogens is 263 g/mol. The van der Waals surface area contributed by atoms with Gasteiger partial charge in [0.1, 0.15) is 5.82 Å². The molecule has 14 heavy (non-hydrogen) atoms. The Morgan fingerprint density at radius 3 is 2.43 bits per heavy atom. The summed E-state index contributed by atoms with van der Waals surface area (Å²) in [6.45, 7) is 0. The maximum absolute atomic E-state index is 13.0. The van der Waals surface area contributed by atoms with E-state index in [9.17, 15) is 18.0 Å². The predicted octanol–water partition coefficient (Wildman–Crippen LogP) is 2.17. The number of hydrogen-bond acceptors (Lipinski definition) is 1. The van der Waals surface area contributed by atoms with Gasteiger partial charge in [0.15, 0.2) is 0 Å². The first-order valence-corrected chi connectivity index (χ1v) is 4.28. The first-order chi connectivity index (χ1) is 6.35. The van der Waals surface area contributed by atoms with Crippen molar-refractivity contribution in [3.8, 4) is 0 Å². The minimum Gasteiger partial charge on any atom is -0.364 e. The fraction of sp³-hybridized carbons (Fsp3) is 0.125. The Hall–Kier alpha value is -1.04. The molecule has 2 nitrogen and oxygen atoms in total. The Morgan fingerprint density at radius 1 is 1.43 bits per heavy atom. The normalized spacial score (nSPS) is 11.4. The van der Waals surface area contributed by atoms with Gasteiger partial charge in [0.2, 0.25) is 0 Å². The molecule has 1 amide bonds. The van der Waals surface area contributed by atoms with E-state index in [-0.39, 0.29) is 0 Å². The van der Waals surface area contributed by atoms with E-state index in [1.807, 2.05) is 0 Å². The van der Waals surface area contributed by atoms with E-state index >= 15 is 0 Å². The average molecular weight is 268 g/mol. The van der Waals surface area contributed by atoms with Crippen molar-refractivity contribution in [2.24, 2.45) is 5.73 Å². The largest absolute Gasteiger partial charge is 0.364 e. The molecule has 0 aliphatic heterocycles. The first kappa shape index (κ1) is 11.0. The lowest BCUT2D eigenvalue weighted by Crippen LogP contribution is -2.33. The SMILES string of the molecule is NC(=O)C(F)(F)c1ccc(Br)cc1F. The second kappa shape index (κ2) is 3.61. The maximum atomic E-state index is 13.0. The Labute approximate surface area is 86.0 Å². The van der Waals surface area contributed by atoms with E-state index in [0.29, 0.717) is 4.47 Å². The second-order valence-corrected chi connectivity index (χ2v) is 3.48. The van der Waals surface area contributed by atoms with E-state index in [4.69, 9.17) is 0 Å². The Balaban J connectivity index is 3.26. The molecule has 0 aromatic heterocycles. The van der Waals surface area contributed by atoms with Crippen LogP contribution in [-0.4, -0.2) is 5.91 Å². The van der Waals surface area contributed by atoms with Gasteiger partial charge in [0.25, 0.3) is 5.91 Å². The summed E-state index contributed by atoms with van der Waals surface area (Å²) < 4.78 is 39.2. The third-order valence-corrected chi connectivity index (χ3v) is 2.07. The Morgan fingerprint density at radius 2 is 2.00 bits per heavy atom. The summed E-state index contributed by atoms with van der Waals surface area (Å²) >= 11 is 2.90. The van der Waals surface area contributed by atoms with Crippen molar-refractivity contribution in [1.82, 2.24) is 0 Å². The number of halogens is 4. The highest BCUT2D eigenvalue weighted by atomic mass is 79.9. The smallest absolute Gasteiger partial charge is 0.352 e. The number of alkyl halides is 2. The molecule has 0 heterocycles. The molecule has 0 atom stereocenters. The number of carbonyl (C=O) groups excluding carboxylic acids is 1. The van der Waals surface area contributed by atoms with E-state index < -0.39 is 23.2 Å². The van der Waals surface area contributed by atoms with Crippen LogP contribution < -0.4 is 5.73 Å². The van der Waals surface area contributed by atoms with Gasteiger partial charge in [-0.25, -0.2) is 4.39 Å². The molecule has 0 fully saturated rings. The quantitative estimate of drug-likeness (QED) is 0.877. The minimum absolute atomic E-state index is 0.305. The van der Waals surface area contributed by atoms with Crippen LogP contribution in [0.3, 0.4) is 0 Å². The molecule has 0 aliphatic rings. The number of rotatable bonds is 2. The zero-order chi connectivity index (χ0) is 10.9. The number of carbonyl (C=O) groups is 1. The molecule has 0 radical (unpaired) electrons. The van der Waals surface area contributed by atoms with Crippen molar-refractivity contribution in [1.29, 1.82) is 0 Å². The van der Waals surface area contributed by atoms with Crippen LogP contribution in [0.25, 0.3) is 0 Å². The number of benzene rings is 1. The van der Waals surface area contributed by atoms with Gasteiger partial charge in [-0.1, -0.05) is 15.9 Å². The molecule has 0 spiro atoms. The molecule has 1 aromatic rings. The van der Waals surface area contributed by atoms with Crippen LogP contribution >= 0.6 is 15.9 Å². The van der Waals surface area contributed by atoms with Gasteiger partial charge in [-0.3, -0.25) is 4.79 Å². The van der Waals surface area contributed by atoms with E-state index in [2.05, 4.69) is 21.7 Å². The molecule has 0 unspecified atom stereocenters. The summed E-state index contributed by atoms with van der Waals surface area (Å²) in [5.41, 5.74) is 3.42. The van der Waals surface area contributed by atoms with E-state index in [1.165, 1.54) is 6.07 Å². The lowest BCUT2D eigenvalue weighted by atomic mass is 10.1. The highest BCUT2D eigenvalue weighted by molar-refractivity contribution is 9.10. The molecule has 2 N–H and O–H groups in total. The monoisotopic (exact) mass is 267 g/mol. The topological polar surface area (TPSA) is 43.1 Å². The predicted molar refractivity (Wildman–Crippen MR) is 47.2 cm³/mol. The zero-order valence-electron chi connectivity index (χ0n) is 6.73. The van der Waals surface area contributed by atoms with Crippen LogP contribution in [0.15, 0.2) is 22.7 Å². The number of primary amides is 1. The van der Waals surface area contributed by atoms with Crippen molar-refractivity contribution in [3.05, 3.63) is 34.1 Å². The maximum Gasteiger partial charge on any atom is 0.352 e. The van der Waals surface area contributed by atoms with Crippen molar-refractivity contribution < 1.29 is 18.0 Å². The summed E-state index contributed by atoms with van der Waals surface area (Å²) in [5, 5.41) is 0. The summed E-state index contributed by atoms with van der Waals surface area (Å²) in [4.78, 5) is 10.4.